The van der Waals surface area contributed by atoms with Crippen LogP contribution in [0.2, 0.25) is 0 Å². The summed E-state index contributed by atoms with van der Waals surface area (Å²) >= 11 is 0. The van der Waals surface area contributed by atoms with Crippen molar-refractivity contribution in [3.05, 3.63) is 12.3 Å². The minimum Gasteiger partial charge on any atom is -0.375 e. The number of nitrogens with two attached hydrogens (primary N) is 1. The molecule has 2 rings (SSSR count). The zero-order valence-electron chi connectivity index (χ0n) is 7.79. The minimum atomic E-state index is 0.828. The molecule has 1 aliphatic carbocycles. The molecule has 0 bridgehead atoms. The van der Waals surface area contributed by atoms with Gasteiger partial charge in [-0.2, -0.15) is 0 Å². The largest absolute Gasteiger partial charge is 0.375 e. The first-order chi connectivity index (χ1) is 5.74. The molecule has 3 atom stereocenters. The van der Waals surface area contributed by atoms with E-state index in [2.05, 4.69) is 18.4 Å². The Hall–Kier alpha value is -0.500. The summed E-state index contributed by atoms with van der Waals surface area (Å²) in [4.78, 5) is 2.40. The summed E-state index contributed by atoms with van der Waals surface area (Å²) in [6, 6.07) is 0. The summed E-state index contributed by atoms with van der Waals surface area (Å²) in [5, 5.41) is 0. The van der Waals surface area contributed by atoms with Gasteiger partial charge in [-0.05, 0) is 37.6 Å². The first-order valence-electron chi connectivity index (χ1n) is 4.84. The molecule has 0 radical (unpaired) electrons. The molecule has 2 nitrogen and oxygen atoms in total. The topological polar surface area (TPSA) is 29.3 Å². The van der Waals surface area contributed by atoms with E-state index >= 15 is 0 Å². The molecule has 2 heteroatoms. The molecule has 0 unspecified atom stereocenters. The maximum atomic E-state index is 5.67. The van der Waals surface area contributed by atoms with Crippen LogP contribution in [0.25, 0.3) is 0 Å². The maximum Gasteiger partial charge on any atom is 0.0209 e. The highest BCUT2D eigenvalue weighted by Gasteiger charge is 2.51. The lowest BCUT2D eigenvalue weighted by Crippen LogP contribution is -2.29. The monoisotopic (exact) mass is 166 g/mol. The molecule has 12 heavy (non-hydrogen) atoms. The lowest BCUT2D eigenvalue weighted by Gasteiger charge is -2.28. The SMILES string of the molecule is C=C(C)N1CC[C@@H]2[C@@H](CN)[C@@H]2C1. The second-order valence-corrected chi connectivity index (χ2v) is 4.20. The third-order valence-corrected chi connectivity index (χ3v) is 3.48. The summed E-state index contributed by atoms with van der Waals surface area (Å²) in [5.41, 5.74) is 6.89. The van der Waals surface area contributed by atoms with Crippen molar-refractivity contribution >= 4 is 0 Å². The molecule has 1 saturated carbocycles. The minimum absolute atomic E-state index is 0.828. The van der Waals surface area contributed by atoms with Crippen LogP contribution in [-0.2, 0) is 0 Å². The summed E-state index contributed by atoms with van der Waals surface area (Å²) in [6.45, 7) is 9.37. The fourth-order valence-corrected chi connectivity index (χ4v) is 2.57. The molecular weight excluding hydrogens is 148 g/mol. The standard InChI is InChI=1S/C10H18N2/c1-7(2)12-4-3-8-9(5-11)10(8)6-12/h8-10H,1,3-6,11H2,2H3/t8-,9-,10-/m1/s1. The van der Waals surface area contributed by atoms with E-state index in [4.69, 9.17) is 5.73 Å². The van der Waals surface area contributed by atoms with Gasteiger partial charge in [-0.3, -0.25) is 0 Å². The third kappa shape index (κ3) is 1.14. The van der Waals surface area contributed by atoms with E-state index in [0.717, 1.165) is 24.3 Å². The second-order valence-electron chi connectivity index (χ2n) is 4.20. The van der Waals surface area contributed by atoms with Gasteiger partial charge < -0.3 is 10.6 Å². The highest BCUT2D eigenvalue weighted by Crippen LogP contribution is 2.51. The van der Waals surface area contributed by atoms with Crippen LogP contribution in [-0.4, -0.2) is 24.5 Å². The van der Waals surface area contributed by atoms with Crippen LogP contribution in [0.1, 0.15) is 13.3 Å². The molecule has 0 aromatic carbocycles. The Morgan fingerprint density at radius 1 is 1.58 bits per heavy atom. The number of nitrogens with zero attached hydrogens (tertiary/aromatic N) is 1. The third-order valence-electron chi connectivity index (χ3n) is 3.48. The van der Waals surface area contributed by atoms with Crippen molar-refractivity contribution in [3.63, 3.8) is 0 Å². The molecule has 2 N–H and O–H groups in total. The Morgan fingerprint density at radius 2 is 2.33 bits per heavy atom. The molecule has 1 saturated heterocycles. The molecule has 2 fully saturated rings. The van der Waals surface area contributed by atoms with Crippen LogP contribution < -0.4 is 5.73 Å². The molecular formula is C10H18N2. The van der Waals surface area contributed by atoms with E-state index in [1.54, 1.807) is 0 Å². The number of rotatable bonds is 2. The highest BCUT2D eigenvalue weighted by molar-refractivity contribution is 5.05. The van der Waals surface area contributed by atoms with E-state index in [9.17, 15) is 0 Å². The van der Waals surface area contributed by atoms with Crippen LogP contribution in [0.3, 0.4) is 0 Å². The zero-order chi connectivity index (χ0) is 8.72. The van der Waals surface area contributed by atoms with Gasteiger partial charge >= 0.3 is 0 Å². The molecule has 1 aliphatic heterocycles. The Kier molecular flexibility index (Phi) is 1.87. The number of fused-ring (bicyclic) bond motifs is 1. The van der Waals surface area contributed by atoms with Gasteiger partial charge in [-0.25, -0.2) is 0 Å². The lowest BCUT2D eigenvalue weighted by atomic mass is 10.1. The number of piperidine rings is 1. The average molecular weight is 166 g/mol. The van der Waals surface area contributed by atoms with E-state index in [-0.39, 0.29) is 0 Å². The predicted molar refractivity (Wildman–Crippen MR) is 50.5 cm³/mol. The fraction of sp³-hybridized carbons (Fsp3) is 0.800. The van der Waals surface area contributed by atoms with E-state index in [1.165, 1.54) is 25.2 Å². The van der Waals surface area contributed by atoms with Gasteiger partial charge in [0.1, 0.15) is 0 Å². The fourth-order valence-electron chi connectivity index (χ4n) is 2.57. The normalized spacial score (nSPS) is 39.2. The molecule has 2 aliphatic rings. The van der Waals surface area contributed by atoms with E-state index in [0.29, 0.717) is 0 Å². The number of hydrogen-bond donors (Lipinski definition) is 1. The quantitative estimate of drug-likeness (QED) is 0.664. The van der Waals surface area contributed by atoms with Crippen molar-refractivity contribution in [2.24, 2.45) is 23.5 Å². The zero-order valence-corrected chi connectivity index (χ0v) is 7.79. The Bertz CT molecular complexity index is 196. The van der Waals surface area contributed by atoms with Crippen LogP contribution in [0.4, 0.5) is 0 Å². The first-order valence-corrected chi connectivity index (χ1v) is 4.84. The molecule has 1 heterocycles. The summed E-state index contributed by atoms with van der Waals surface area (Å²) in [7, 11) is 0. The maximum absolute atomic E-state index is 5.67. The van der Waals surface area contributed by atoms with Gasteiger partial charge in [-0.1, -0.05) is 6.58 Å². The number of likely N-dealkylation sites (tertiary alicyclic amines) is 1. The second kappa shape index (κ2) is 2.77. The van der Waals surface area contributed by atoms with E-state index in [1.807, 2.05) is 0 Å². The van der Waals surface area contributed by atoms with Gasteiger partial charge in [0.25, 0.3) is 0 Å². The van der Waals surface area contributed by atoms with Crippen LogP contribution >= 0.6 is 0 Å². The van der Waals surface area contributed by atoms with Crippen molar-refractivity contribution in [2.75, 3.05) is 19.6 Å². The number of hydrogen-bond acceptors (Lipinski definition) is 2. The van der Waals surface area contributed by atoms with Gasteiger partial charge in [0.15, 0.2) is 0 Å². The average Bonchev–Trinajstić information content (AvgIpc) is 2.75. The Balaban J connectivity index is 1.92. The van der Waals surface area contributed by atoms with Crippen molar-refractivity contribution in [2.45, 2.75) is 13.3 Å². The summed E-state index contributed by atoms with van der Waals surface area (Å²) in [5.74, 6) is 2.67. The molecule has 0 aromatic heterocycles. The van der Waals surface area contributed by atoms with Crippen LogP contribution in [0.15, 0.2) is 12.3 Å². The molecule has 0 spiro atoms. The lowest BCUT2D eigenvalue weighted by molar-refractivity contribution is 0.275. The first kappa shape index (κ1) is 8.11. The molecule has 68 valence electrons. The van der Waals surface area contributed by atoms with Crippen LogP contribution in [0, 0.1) is 17.8 Å². The highest BCUT2D eigenvalue weighted by atomic mass is 15.2. The van der Waals surface area contributed by atoms with Gasteiger partial charge in [0.05, 0.1) is 0 Å². The predicted octanol–water partition coefficient (Wildman–Crippen LogP) is 1.05. The van der Waals surface area contributed by atoms with Crippen molar-refractivity contribution in [1.29, 1.82) is 0 Å². The Morgan fingerprint density at radius 3 is 2.92 bits per heavy atom. The van der Waals surface area contributed by atoms with Gasteiger partial charge in [0, 0.05) is 18.8 Å². The van der Waals surface area contributed by atoms with Crippen molar-refractivity contribution in [1.82, 2.24) is 4.90 Å². The molecule has 0 amide bonds. The molecule has 0 aromatic rings. The van der Waals surface area contributed by atoms with Crippen LogP contribution in [0.5, 0.6) is 0 Å². The smallest absolute Gasteiger partial charge is 0.0209 e. The van der Waals surface area contributed by atoms with Gasteiger partial charge in [-0.15, -0.1) is 0 Å². The van der Waals surface area contributed by atoms with E-state index < -0.39 is 0 Å². The number of allylic oxidation sites excluding steroid dienone is 1. The summed E-state index contributed by atoms with van der Waals surface area (Å²) in [6.07, 6.45) is 1.33. The van der Waals surface area contributed by atoms with Crippen molar-refractivity contribution < 1.29 is 0 Å². The Labute approximate surface area is 74.4 Å². The summed E-state index contributed by atoms with van der Waals surface area (Å²) < 4.78 is 0. The van der Waals surface area contributed by atoms with Crippen molar-refractivity contribution in [3.8, 4) is 0 Å². The van der Waals surface area contributed by atoms with Gasteiger partial charge in [0.2, 0.25) is 0 Å².